The van der Waals surface area contributed by atoms with Crippen LogP contribution in [0.5, 0.6) is 0 Å². The average Bonchev–Trinajstić information content (AvgIpc) is 3.30. The lowest BCUT2D eigenvalue weighted by Gasteiger charge is -2.30. The second-order valence-corrected chi connectivity index (χ2v) is 13.5. The van der Waals surface area contributed by atoms with E-state index in [4.69, 9.17) is 16.6 Å². The Balaban J connectivity index is 1.60. The number of sulfonamides is 1. The molecule has 1 aliphatic rings. The minimum atomic E-state index is -3.62. The topological polar surface area (TPSA) is 73.8 Å². The summed E-state index contributed by atoms with van der Waals surface area (Å²) in [5.74, 6) is -0.203. The Kier molecular flexibility index (Phi) is 8.91. The Morgan fingerprint density at radius 2 is 1.73 bits per heavy atom. The van der Waals surface area contributed by atoms with Crippen molar-refractivity contribution in [2.24, 2.45) is 0 Å². The monoisotopic (exact) mass is 562 g/mol. The average molecular weight is 563 g/mol. The number of carbonyl (C=O) groups is 1. The molecule has 0 unspecified atom stereocenters. The molecule has 1 amide bonds. The molecular weight excluding hydrogens is 528 g/mol. The molecule has 0 bridgehead atoms. The van der Waals surface area contributed by atoms with Crippen molar-refractivity contribution in [2.75, 3.05) is 39.1 Å². The van der Waals surface area contributed by atoms with Crippen LogP contribution in [0.1, 0.15) is 54.4 Å². The van der Waals surface area contributed by atoms with Crippen molar-refractivity contribution in [3.63, 3.8) is 0 Å². The summed E-state index contributed by atoms with van der Waals surface area (Å²) in [6.07, 6.45) is 5.82. The summed E-state index contributed by atoms with van der Waals surface area (Å²) in [4.78, 5) is 22.4. The predicted octanol–water partition coefficient (Wildman–Crippen LogP) is 5.81. The number of benzene rings is 2. The van der Waals surface area contributed by atoms with Crippen molar-refractivity contribution in [2.45, 2.75) is 56.4 Å². The third-order valence-corrected chi connectivity index (χ3v) is 10.1. The standard InChI is InChI=1S/C27H35ClN4O3S2/c1-19-17-21(28)18-24-25(19)29-27(36-24)32(16-8-15-30(2)3)26(33)20-11-13-23(14-12-20)37(34,35)31(4)22-9-6-5-7-10-22/h11-14,17-18,22H,5-10,15-16H2,1-4H3. The maximum atomic E-state index is 13.7. The molecule has 0 atom stereocenters. The first kappa shape index (κ1) is 28.0. The fraction of sp³-hybridized carbons (Fsp3) is 0.481. The maximum Gasteiger partial charge on any atom is 0.260 e. The molecule has 10 heteroatoms. The molecule has 0 N–H and O–H groups in total. The van der Waals surface area contributed by atoms with Crippen molar-refractivity contribution in [3.05, 3.63) is 52.5 Å². The Labute approximate surface area is 229 Å². The molecule has 2 aromatic carbocycles. The van der Waals surface area contributed by atoms with Crippen LogP contribution in [-0.4, -0.2) is 68.8 Å². The summed E-state index contributed by atoms with van der Waals surface area (Å²) in [7, 11) is 2.04. The third-order valence-electron chi connectivity index (χ3n) is 6.97. The molecule has 200 valence electrons. The van der Waals surface area contributed by atoms with Crippen molar-refractivity contribution in [1.82, 2.24) is 14.2 Å². The molecule has 1 fully saturated rings. The van der Waals surface area contributed by atoms with Crippen LogP contribution in [0, 0.1) is 6.92 Å². The number of anilines is 1. The van der Waals surface area contributed by atoms with E-state index in [9.17, 15) is 13.2 Å². The lowest BCUT2D eigenvalue weighted by molar-refractivity contribution is 0.0986. The minimum Gasteiger partial charge on any atom is -0.309 e. The Bertz CT molecular complexity index is 1350. The maximum absolute atomic E-state index is 13.7. The molecule has 1 saturated carbocycles. The lowest BCUT2D eigenvalue weighted by atomic mass is 9.96. The van der Waals surface area contributed by atoms with E-state index in [2.05, 4.69) is 4.90 Å². The number of fused-ring (bicyclic) bond motifs is 1. The highest BCUT2D eigenvalue weighted by molar-refractivity contribution is 7.89. The first-order valence-corrected chi connectivity index (χ1v) is 15.3. The smallest absolute Gasteiger partial charge is 0.260 e. The van der Waals surface area contributed by atoms with Crippen LogP contribution in [0.25, 0.3) is 10.2 Å². The number of hydrogen-bond acceptors (Lipinski definition) is 6. The molecule has 0 radical (unpaired) electrons. The van der Waals surface area contributed by atoms with Crippen molar-refractivity contribution >= 4 is 54.2 Å². The van der Waals surface area contributed by atoms with E-state index in [0.717, 1.165) is 60.8 Å². The zero-order valence-electron chi connectivity index (χ0n) is 21.9. The number of halogens is 1. The number of amides is 1. The number of carbonyl (C=O) groups excluding carboxylic acids is 1. The van der Waals surface area contributed by atoms with Crippen molar-refractivity contribution < 1.29 is 13.2 Å². The summed E-state index contributed by atoms with van der Waals surface area (Å²) in [6.45, 7) is 3.28. The van der Waals surface area contributed by atoms with Crippen LogP contribution < -0.4 is 4.90 Å². The number of aryl methyl sites for hydroxylation is 1. The van der Waals surface area contributed by atoms with Crippen molar-refractivity contribution in [3.8, 4) is 0 Å². The van der Waals surface area contributed by atoms with E-state index in [1.165, 1.54) is 15.6 Å². The van der Waals surface area contributed by atoms with Gasteiger partial charge in [0.2, 0.25) is 10.0 Å². The molecule has 4 rings (SSSR count). The van der Waals surface area contributed by atoms with Crippen LogP contribution >= 0.6 is 22.9 Å². The summed E-state index contributed by atoms with van der Waals surface area (Å²) < 4.78 is 28.9. The molecular formula is C27H35ClN4O3S2. The highest BCUT2D eigenvalue weighted by Crippen LogP contribution is 2.34. The molecule has 1 heterocycles. The van der Waals surface area contributed by atoms with Gasteiger partial charge in [-0.1, -0.05) is 42.2 Å². The number of nitrogens with zero attached hydrogens (tertiary/aromatic N) is 4. The number of rotatable bonds is 9. The predicted molar refractivity (Wildman–Crippen MR) is 152 cm³/mol. The minimum absolute atomic E-state index is 0.0308. The third kappa shape index (κ3) is 6.34. The van der Waals surface area contributed by atoms with E-state index in [1.54, 1.807) is 36.2 Å². The zero-order chi connectivity index (χ0) is 26.7. The fourth-order valence-electron chi connectivity index (χ4n) is 4.82. The summed E-state index contributed by atoms with van der Waals surface area (Å²) in [5, 5.41) is 1.25. The number of thiazole rings is 1. The van der Waals surface area contributed by atoms with Gasteiger partial charge in [0.15, 0.2) is 5.13 Å². The van der Waals surface area contributed by atoms with Gasteiger partial charge in [-0.25, -0.2) is 13.4 Å². The summed E-state index contributed by atoms with van der Waals surface area (Å²) in [5.41, 5.74) is 2.22. The normalized spacial score (nSPS) is 15.1. The summed E-state index contributed by atoms with van der Waals surface area (Å²) in [6, 6.07) is 10.1. The van der Waals surface area contributed by atoms with Crippen LogP contribution in [0.3, 0.4) is 0 Å². The Morgan fingerprint density at radius 3 is 2.38 bits per heavy atom. The molecule has 37 heavy (non-hydrogen) atoms. The van der Waals surface area contributed by atoms with E-state index in [0.29, 0.717) is 22.3 Å². The quantitative estimate of drug-likeness (QED) is 0.329. The lowest BCUT2D eigenvalue weighted by Crippen LogP contribution is -2.38. The van der Waals surface area contributed by atoms with Crippen molar-refractivity contribution in [1.29, 1.82) is 0 Å². The van der Waals surface area contributed by atoms with Gasteiger partial charge in [-0.3, -0.25) is 9.69 Å². The van der Waals surface area contributed by atoms with E-state index in [-0.39, 0.29) is 16.8 Å². The van der Waals surface area contributed by atoms with Gasteiger partial charge < -0.3 is 4.90 Å². The molecule has 3 aromatic rings. The highest BCUT2D eigenvalue weighted by Gasteiger charge is 2.29. The fourth-order valence-corrected chi connectivity index (χ4v) is 7.68. The summed E-state index contributed by atoms with van der Waals surface area (Å²) >= 11 is 7.69. The molecule has 1 aromatic heterocycles. The molecule has 0 aliphatic heterocycles. The van der Waals surface area contributed by atoms with Gasteiger partial charge in [0.25, 0.3) is 5.91 Å². The molecule has 7 nitrogen and oxygen atoms in total. The first-order chi connectivity index (χ1) is 17.6. The van der Waals surface area contributed by atoms with Gasteiger partial charge in [0.05, 0.1) is 15.1 Å². The van der Waals surface area contributed by atoms with Gasteiger partial charge in [0.1, 0.15) is 0 Å². The van der Waals surface area contributed by atoms with Gasteiger partial charge in [0, 0.05) is 30.2 Å². The second-order valence-electron chi connectivity index (χ2n) is 10.0. The Morgan fingerprint density at radius 1 is 1.05 bits per heavy atom. The van der Waals surface area contributed by atoms with Crippen LogP contribution in [0.2, 0.25) is 5.02 Å². The zero-order valence-corrected chi connectivity index (χ0v) is 24.3. The van der Waals surface area contributed by atoms with E-state index < -0.39 is 10.0 Å². The van der Waals surface area contributed by atoms with Gasteiger partial charge >= 0.3 is 0 Å². The second kappa shape index (κ2) is 11.8. The van der Waals surface area contributed by atoms with Gasteiger partial charge in [-0.2, -0.15) is 4.31 Å². The SMILES string of the molecule is Cc1cc(Cl)cc2sc(N(CCCN(C)C)C(=O)c3ccc(S(=O)(=O)N(C)C4CCCCC4)cc3)nc12. The Hall–Kier alpha value is -2.04. The van der Waals surface area contributed by atoms with Crippen LogP contribution in [0.4, 0.5) is 5.13 Å². The number of hydrogen-bond donors (Lipinski definition) is 0. The molecule has 0 spiro atoms. The molecule has 1 aliphatic carbocycles. The highest BCUT2D eigenvalue weighted by atomic mass is 35.5. The number of aromatic nitrogens is 1. The first-order valence-electron chi connectivity index (χ1n) is 12.7. The largest absolute Gasteiger partial charge is 0.309 e. The van der Waals surface area contributed by atoms with E-state index in [1.807, 2.05) is 33.2 Å². The molecule has 0 saturated heterocycles. The van der Waals surface area contributed by atoms with E-state index >= 15 is 0 Å². The van der Waals surface area contributed by atoms with Crippen LogP contribution in [0.15, 0.2) is 41.3 Å². The van der Waals surface area contributed by atoms with Crippen LogP contribution in [-0.2, 0) is 10.0 Å². The van der Waals surface area contributed by atoms with Gasteiger partial charge in [-0.05, 0) is 88.8 Å². The van der Waals surface area contributed by atoms with Gasteiger partial charge in [-0.15, -0.1) is 0 Å².